The van der Waals surface area contributed by atoms with Crippen molar-refractivity contribution >= 4 is 17.6 Å². The first-order chi connectivity index (χ1) is 15.2. The number of urea groups is 1. The Morgan fingerprint density at radius 1 is 1.00 bits per heavy atom. The summed E-state index contributed by atoms with van der Waals surface area (Å²) in [5.74, 6) is 0.0422. The van der Waals surface area contributed by atoms with Crippen LogP contribution in [0.2, 0.25) is 0 Å². The average molecular weight is 419 g/mol. The fourth-order valence-corrected chi connectivity index (χ4v) is 3.53. The summed E-state index contributed by atoms with van der Waals surface area (Å²) >= 11 is 0. The third-order valence-electron chi connectivity index (χ3n) is 5.14. The molecule has 3 aromatic rings. The molecule has 0 radical (unpaired) electrons. The van der Waals surface area contributed by atoms with Gasteiger partial charge < -0.3 is 20.9 Å². The maximum atomic E-state index is 12.2. The number of nitrogens with zero attached hydrogens (tertiary/aromatic N) is 3. The molecule has 1 aromatic heterocycles. The SMILES string of the molecule is O=C1CN(c2ccc(CNC(=O)NCc3cccc(Cn4cccn4)c3)cc2)CCN1. The van der Waals surface area contributed by atoms with E-state index in [9.17, 15) is 9.59 Å². The number of anilines is 1. The summed E-state index contributed by atoms with van der Waals surface area (Å²) in [5.41, 5.74) is 4.18. The van der Waals surface area contributed by atoms with Crippen molar-refractivity contribution in [1.29, 1.82) is 0 Å². The Labute approximate surface area is 181 Å². The third kappa shape index (κ3) is 5.85. The molecule has 0 aliphatic carbocycles. The normalized spacial score (nSPS) is 13.5. The number of nitrogens with one attached hydrogen (secondary N) is 3. The van der Waals surface area contributed by atoms with E-state index in [1.807, 2.05) is 64.3 Å². The van der Waals surface area contributed by atoms with Crippen LogP contribution in [-0.4, -0.2) is 41.4 Å². The summed E-state index contributed by atoms with van der Waals surface area (Å²) in [7, 11) is 0. The lowest BCUT2D eigenvalue weighted by Crippen LogP contribution is -2.47. The Morgan fingerprint density at radius 2 is 1.77 bits per heavy atom. The molecule has 1 saturated heterocycles. The molecule has 31 heavy (non-hydrogen) atoms. The van der Waals surface area contributed by atoms with Crippen molar-refractivity contribution in [2.75, 3.05) is 24.5 Å². The van der Waals surface area contributed by atoms with Gasteiger partial charge in [0.05, 0.1) is 13.1 Å². The van der Waals surface area contributed by atoms with Gasteiger partial charge in [-0.1, -0.05) is 36.4 Å². The Bertz CT molecular complexity index is 1020. The third-order valence-corrected chi connectivity index (χ3v) is 5.14. The van der Waals surface area contributed by atoms with Gasteiger partial charge in [-0.3, -0.25) is 9.48 Å². The van der Waals surface area contributed by atoms with Crippen LogP contribution in [0.25, 0.3) is 0 Å². The van der Waals surface area contributed by atoms with Crippen LogP contribution in [0.4, 0.5) is 10.5 Å². The number of hydrogen-bond donors (Lipinski definition) is 3. The zero-order valence-electron chi connectivity index (χ0n) is 17.3. The molecule has 3 amide bonds. The highest BCUT2D eigenvalue weighted by molar-refractivity contribution is 5.82. The molecule has 2 aromatic carbocycles. The van der Waals surface area contributed by atoms with Crippen molar-refractivity contribution in [2.45, 2.75) is 19.6 Å². The largest absolute Gasteiger partial charge is 0.360 e. The minimum atomic E-state index is -0.214. The molecule has 1 aliphatic heterocycles. The molecule has 3 N–H and O–H groups in total. The number of rotatable bonds is 7. The van der Waals surface area contributed by atoms with Crippen LogP contribution in [0, 0.1) is 0 Å². The monoisotopic (exact) mass is 418 g/mol. The lowest BCUT2D eigenvalue weighted by molar-refractivity contribution is -0.120. The molecule has 0 saturated carbocycles. The van der Waals surface area contributed by atoms with Gasteiger partial charge in [0.2, 0.25) is 5.91 Å². The molecule has 8 nitrogen and oxygen atoms in total. The molecule has 1 fully saturated rings. The molecule has 0 unspecified atom stereocenters. The van der Waals surface area contributed by atoms with E-state index in [1.54, 1.807) is 6.20 Å². The molecule has 1 aliphatic rings. The second-order valence-electron chi connectivity index (χ2n) is 7.50. The van der Waals surface area contributed by atoms with Crippen molar-refractivity contribution in [3.8, 4) is 0 Å². The van der Waals surface area contributed by atoms with E-state index in [4.69, 9.17) is 0 Å². The minimum Gasteiger partial charge on any atom is -0.360 e. The number of piperazine rings is 1. The second kappa shape index (κ2) is 9.80. The lowest BCUT2D eigenvalue weighted by atomic mass is 10.1. The standard InChI is InChI=1S/C23H26N6O2/c30-22-17-28(12-10-24-22)21-7-5-18(6-8-21)14-25-23(31)26-15-19-3-1-4-20(13-19)16-29-11-2-9-27-29/h1-9,11,13H,10,12,14-17H2,(H,24,30)(H2,25,26,31). The van der Waals surface area contributed by atoms with Gasteiger partial charge in [0.1, 0.15) is 0 Å². The lowest BCUT2D eigenvalue weighted by Gasteiger charge is -2.28. The molecule has 0 bridgehead atoms. The molecular weight excluding hydrogens is 392 g/mol. The van der Waals surface area contributed by atoms with Crippen LogP contribution >= 0.6 is 0 Å². The average Bonchev–Trinajstić information content (AvgIpc) is 3.30. The molecule has 0 spiro atoms. The predicted octanol–water partition coefficient (Wildman–Crippen LogP) is 1.87. The Balaban J connectivity index is 1.23. The van der Waals surface area contributed by atoms with Crippen molar-refractivity contribution < 1.29 is 9.59 Å². The number of hydrogen-bond acceptors (Lipinski definition) is 4. The zero-order chi connectivity index (χ0) is 21.5. The van der Waals surface area contributed by atoms with Crippen molar-refractivity contribution in [1.82, 2.24) is 25.7 Å². The summed E-state index contributed by atoms with van der Waals surface area (Å²) in [4.78, 5) is 25.8. The predicted molar refractivity (Wildman–Crippen MR) is 119 cm³/mol. The van der Waals surface area contributed by atoms with Gasteiger partial charge in [-0.05, 0) is 34.9 Å². The summed E-state index contributed by atoms with van der Waals surface area (Å²) in [6.45, 7) is 3.43. The van der Waals surface area contributed by atoms with Crippen LogP contribution in [0.5, 0.6) is 0 Å². The van der Waals surface area contributed by atoms with E-state index in [2.05, 4.69) is 27.1 Å². The van der Waals surface area contributed by atoms with E-state index in [0.717, 1.165) is 28.9 Å². The van der Waals surface area contributed by atoms with E-state index >= 15 is 0 Å². The Morgan fingerprint density at radius 3 is 2.52 bits per heavy atom. The van der Waals surface area contributed by atoms with E-state index < -0.39 is 0 Å². The van der Waals surface area contributed by atoms with Gasteiger partial charge in [-0.15, -0.1) is 0 Å². The highest BCUT2D eigenvalue weighted by Crippen LogP contribution is 2.16. The smallest absolute Gasteiger partial charge is 0.315 e. The number of carbonyl (C=O) groups excluding carboxylic acids is 2. The number of carbonyl (C=O) groups is 2. The van der Waals surface area contributed by atoms with Crippen molar-refractivity contribution in [2.24, 2.45) is 0 Å². The van der Waals surface area contributed by atoms with E-state index in [1.165, 1.54) is 0 Å². The zero-order valence-corrected chi connectivity index (χ0v) is 17.3. The maximum absolute atomic E-state index is 12.2. The molecule has 0 atom stereocenters. The van der Waals surface area contributed by atoms with Crippen LogP contribution in [0.3, 0.4) is 0 Å². The summed E-state index contributed by atoms with van der Waals surface area (Å²) in [6, 6.07) is 17.7. The molecular formula is C23H26N6O2. The fraction of sp³-hybridized carbons (Fsp3) is 0.261. The highest BCUT2D eigenvalue weighted by Gasteiger charge is 2.16. The Hall–Kier alpha value is -3.81. The van der Waals surface area contributed by atoms with Crippen LogP contribution in [0.1, 0.15) is 16.7 Å². The maximum Gasteiger partial charge on any atom is 0.315 e. The molecule has 160 valence electrons. The summed E-state index contributed by atoms with van der Waals surface area (Å²) < 4.78 is 1.87. The van der Waals surface area contributed by atoms with Gasteiger partial charge in [0.15, 0.2) is 0 Å². The topological polar surface area (TPSA) is 91.3 Å². The molecule has 2 heterocycles. The fourth-order valence-electron chi connectivity index (χ4n) is 3.53. The molecule has 8 heteroatoms. The van der Waals surface area contributed by atoms with Crippen LogP contribution in [-0.2, 0) is 24.4 Å². The van der Waals surface area contributed by atoms with Crippen LogP contribution < -0.4 is 20.9 Å². The number of benzene rings is 2. The summed E-state index contributed by atoms with van der Waals surface area (Å²) in [5, 5.41) is 12.8. The number of amides is 3. The quantitative estimate of drug-likeness (QED) is 0.546. The Kier molecular flexibility index (Phi) is 6.47. The van der Waals surface area contributed by atoms with Gasteiger partial charge in [0, 0.05) is 44.3 Å². The van der Waals surface area contributed by atoms with E-state index in [-0.39, 0.29) is 11.9 Å². The summed E-state index contributed by atoms with van der Waals surface area (Å²) in [6.07, 6.45) is 3.68. The molecule has 4 rings (SSSR count). The minimum absolute atomic E-state index is 0.0422. The second-order valence-corrected chi connectivity index (χ2v) is 7.50. The van der Waals surface area contributed by atoms with Crippen molar-refractivity contribution in [3.05, 3.63) is 83.7 Å². The number of aromatic nitrogens is 2. The first kappa shape index (κ1) is 20.5. The van der Waals surface area contributed by atoms with Crippen LogP contribution in [0.15, 0.2) is 67.0 Å². The van der Waals surface area contributed by atoms with Crippen molar-refractivity contribution in [3.63, 3.8) is 0 Å². The first-order valence-electron chi connectivity index (χ1n) is 10.3. The highest BCUT2D eigenvalue weighted by atomic mass is 16.2. The van der Waals surface area contributed by atoms with Gasteiger partial charge in [-0.25, -0.2) is 4.79 Å². The van der Waals surface area contributed by atoms with Gasteiger partial charge >= 0.3 is 6.03 Å². The van der Waals surface area contributed by atoms with Gasteiger partial charge in [-0.2, -0.15) is 5.10 Å². The van der Waals surface area contributed by atoms with E-state index in [0.29, 0.717) is 32.7 Å². The van der Waals surface area contributed by atoms with Gasteiger partial charge in [0.25, 0.3) is 0 Å². The first-order valence-corrected chi connectivity index (χ1v) is 10.3.